The van der Waals surface area contributed by atoms with Gasteiger partial charge in [0.1, 0.15) is 5.75 Å². The van der Waals surface area contributed by atoms with E-state index in [1.54, 1.807) is 0 Å². The summed E-state index contributed by atoms with van der Waals surface area (Å²) in [6.07, 6.45) is -9.58. The molecule has 0 heterocycles. The second-order valence-electron chi connectivity index (χ2n) is 4.60. The van der Waals surface area contributed by atoms with Gasteiger partial charge in [-0.1, -0.05) is 24.3 Å². The number of halogens is 6. The van der Waals surface area contributed by atoms with Crippen LogP contribution in [0, 0.1) is 0 Å². The number of aliphatic hydroxyl groups excluding tert-OH is 1. The summed E-state index contributed by atoms with van der Waals surface area (Å²) in [5.41, 5.74) is -1.17. The van der Waals surface area contributed by atoms with Crippen LogP contribution >= 0.6 is 0 Å². The van der Waals surface area contributed by atoms with Gasteiger partial charge in [0.25, 0.3) is 0 Å². The highest BCUT2D eigenvalue weighted by Crippen LogP contribution is 2.36. The van der Waals surface area contributed by atoms with Gasteiger partial charge < -0.3 is 9.84 Å². The molecule has 0 fully saturated rings. The van der Waals surface area contributed by atoms with Crippen LogP contribution in [0.5, 0.6) is 5.75 Å². The Morgan fingerprint density at radius 2 is 1.52 bits per heavy atom. The summed E-state index contributed by atoms with van der Waals surface area (Å²) in [7, 11) is 0. The number of hydrogen-bond donors (Lipinski definition) is 1. The van der Waals surface area contributed by atoms with E-state index in [9.17, 15) is 26.3 Å². The lowest BCUT2D eigenvalue weighted by molar-refractivity contribution is -0.274. The molecule has 0 amide bonds. The van der Waals surface area contributed by atoms with Gasteiger partial charge in [-0.25, -0.2) is 0 Å². The molecule has 1 N–H and O–H groups in total. The SMILES string of the molecule is OCc1ccc(-c2cccc(OC(F)(F)F)c2)cc1C(F)(F)F. The summed E-state index contributed by atoms with van der Waals surface area (Å²) in [5.74, 6) is -0.533. The Hall–Kier alpha value is -2.22. The van der Waals surface area contributed by atoms with Gasteiger partial charge >= 0.3 is 12.5 Å². The first kappa shape index (κ1) is 17.1. The second-order valence-corrected chi connectivity index (χ2v) is 4.60. The molecule has 2 aromatic rings. The van der Waals surface area contributed by atoms with Gasteiger partial charge in [0.2, 0.25) is 0 Å². The molecule has 0 saturated carbocycles. The zero-order chi connectivity index (χ0) is 17.3. The van der Waals surface area contributed by atoms with Gasteiger partial charge in [0.15, 0.2) is 0 Å². The van der Waals surface area contributed by atoms with E-state index in [0.717, 1.165) is 24.3 Å². The van der Waals surface area contributed by atoms with Crippen molar-refractivity contribution < 1.29 is 36.2 Å². The van der Waals surface area contributed by atoms with Gasteiger partial charge in [-0.2, -0.15) is 13.2 Å². The van der Waals surface area contributed by atoms with Crippen molar-refractivity contribution in [3.05, 3.63) is 53.6 Å². The maximum absolute atomic E-state index is 12.9. The van der Waals surface area contributed by atoms with Crippen LogP contribution in [0.25, 0.3) is 11.1 Å². The first-order valence-electron chi connectivity index (χ1n) is 6.27. The molecule has 2 aromatic carbocycles. The van der Waals surface area contributed by atoms with Crippen molar-refractivity contribution in [2.45, 2.75) is 19.1 Å². The molecule has 0 spiro atoms. The van der Waals surface area contributed by atoms with E-state index in [1.807, 2.05) is 0 Å². The maximum atomic E-state index is 12.9. The number of benzene rings is 2. The fourth-order valence-electron chi connectivity index (χ4n) is 2.03. The highest BCUT2D eigenvalue weighted by molar-refractivity contribution is 5.66. The third kappa shape index (κ3) is 4.38. The average Bonchev–Trinajstić information content (AvgIpc) is 2.44. The van der Waals surface area contributed by atoms with Crippen LogP contribution in [-0.2, 0) is 12.8 Å². The zero-order valence-electron chi connectivity index (χ0n) is 11.4. The standard InChI is InChI=1S/C15H10F6O2/c16-14(17,18)13-7-10(4-5-11(13)8-22)9-2-1-3-12(6-9)23-15(19,20)21/h1-7,22H,8H2. The Kier molecular flexibility index (Phi) is 4.56. The molecule has 0 aliphatic carbocycles. The van der Waals surface area contributed by atoms with Gasteiger partial charge in [0, 0.05) is 0 Å². The van der Waals surface area contributed by atoms with E-state index in [2.05, 4.69) is 4.74 Å². The summed E-state index contributed by atoms with van der Waals surface area (Å²) in [6, 6.07) is 7.77. The second kappa shape index (κ2) is 6.11. The lowest BCUT2D eigenvalue weighted by Crippen LogP contribution is -2.17. The number of aliphatic hydroxyl groups is 1. The van der Waals surface area contributed by atoms with Gasteiger partial charge in [0.05, 0.1) is 12.2 Å². The summed E-state index contributed by atoms with van der Waals surface area (Å²) in [5, 5.41) is 8.97. The van der Waals surface area contributed by atoms with Crippen LogP contribution < -0.4 is 4.74 Å². The molecule has 124 valence electrons. The molecule has 2 rings (SSSR count). The third-order valence-electron chi connectivity index (χ3n) is 2.99. The Morgan fingerprint density at radius 1 is 0.870 bits per heavy atom. The van der Waals surface area contributed by atoms with Crippen LogP contribution in [-0.4, -0.2) is 11.5 Å². The molecule has 0 aliphatic rings. The van der Waals surface area contributed by atoms with E-state index in [4.69, 9.17) is 5.11 Å². The van der Waals surface area contributed by atoms with Crippen molar-refractivity contribution >= 4 is 0 Å². The topological polar surface area (TPSA) is 29.5 Å². The number of ether oxygens (including phenoxy) is 1. The summed E-state index contributed by atoms with van der Waals surface area (Å²) < 4.78 is 79.2. The lowest BCUT2D eigenvalue weighted by atomic mass is 9.99. The summed E-state index contributed by atoms with van der Waals surface area (Å²) in [4.78, 5) is 0. The lowest BCUT2D eigenvalue weighted by Gasteiger charge is -2.14. The Morgan fingerprint density at radius 3 is 2.09 bits per heavy atom. The number of rotatable bonds is 3. The van der Waals surface area contributed by atoms with Crippen LogP contribution in [0.15, 0.2) is 42.5 Å². The van der Waals surface area contributed by atoms with Crippen LogP contribution in [0.1, 0.15) is 11.1 Å². The van der Waals surface area contributed by atoms with Gasteiger partial charge in [-0.05, 0) is 34.9 Å². The Labute approximate surface area is 126 Å². The molecule has 0 aromatic heterocycles. The molecule has 0 bridgehead atoms. The fraction of sp³-hybridized carbons (Fsp3) is 0.200. The number of hydrogen-bond acceptors (Lipinski definition) is 2. The van der Waals surface area contributed by atoms with Crippen LogP contribution in [0.4, 0.5) is 26.3 Å². The molecule has 0 radical (unpaired) electrons. The highest BCUT2D eigenvalue weighted by Gasteiger charge is 2.34. The van der Waals surface area contributed by atoms with Crippen molar-refractivity contribution in [1.29, 1.82) is 0 Å². The summed E-state index contributed by atoms with van der Waals surface area (Å²) in [6.45, 7) is -0.799. The monoisotopic (exact) mass is 336 g/mol. The van der Waals surface area contributed by atoms with Crippen molar-refractivity contribution in [2.24, 2.45) is 0 Å². The van der Waals surface area contributed by atoms with E-state index >= 15 is 0 Å². The summed E-state index contributed by atoms with van der Waals surface area (Å²) >= 11 is 0. The Bertz CT molecular complexity index is 691. The molecular weight excluding hydrogens is 326 g/mol. The molecule has 23 heavy (non-hydrogen) atoms. The molecule has 2 nitrogen and oxygen atoms in total. The Balaban J connectivity index is 2.45. The average molecular weight is 336 g/mol. The van der Waals surface area contributed by atoms with Crippen molar-refractivity contribution in [3.8, 4) is 16.9 Å². The zero-order valence-corrected chi connectivity index (χ0v) is 11.4. The van der Waals surface area contributed by atoms with Crippen LogP contribution in [0.2, 0.25) is 0 Å². The van der Waals surface area contributed by atoms with E-state index in [0.29, 0.717) is 0 Å². The normalized spacial score (nSPS) is 12.3. The van der Waals surface area contributed by atoms with E-state index in [-0.39, 0.29) is 16.7 Å². The largest absolute Gasteiger partial charge is 0.573 e. The predicted molar refractivity (Wildman–Crippen MR) is 69.5 cm³/mol. The minimum atomic E-state index is -4.89. The molecular formula is C15H10F6O2. The highest BCUT2D eigenvalue weighted by atomic mass is 19.4. The first-order valence-corrected chi connectivity index (χ1v) is 6.27. The molecule has 0 unspecified atom stereocenters. The van der Waals surface area contributed by atoms with Crippen molar-refractivity contribution in [2.75, 3.05) is 0 Å². The third-order valence-corrected chi connectivity index (χ3v) is 2.99. The molecule has 0 aliphatic heterocycles. The quantitative estimate of drug-likeness (QED) is 0.819. The maximum Gasteiger partial charge on any atom is 0.573 e. The van der Waals surface area contributed by atoms with Gasteiger partial charge in [-0.15, -0.1) is 13.2 Å². The van der Waals surface area contributed by atoms with Crippen LogP contribution in [0.3, 0.4) is 0 Å². The van der Waals surface area contributed by atoms with Crippen molar-refractivity contribution in [1.82, 2.24) is 0 Å². The molecule has 8 heteroatoms. The fourth-order valence-corrected chi connectivity index (χ4v) is 2.03. The van der Waals surface area contributed by atoms with E-state index < -0.39 is 30.5 Å². The molecule has 0 saturated heterocycles. The molecule has 0 atom stereocenters. The number of alkyl halides is 6. The van der Waals surface area contributed by atoms with Crippen molar-refractivity contribution in [3.63, 3.8) is 0 Å². The van der Waals surface area contributed by atoms with E-state index in [1.165, 1.54) is 18.2 Å². The minimum absolute atomic E-state index is 0.0575. The first-order chi connectivity index (χ1) is 10.6. The predicted octanol–water partition coefficient (Wildman–Crippen LogP) is 4.76. The van der Waals surface area contributed by atoms with Gasteiger partial charge in [-0.3, -0.25) is 0 Å². The minimum Gasteiger partial charge on any atom is -0.406 e. The smallest absolute Gasteiger partial charge is 0.406 e.